The minimum absolute atomic E-state index is 0.0936. The van der Waals surface area contributed by atoms with Crippen molar-refractivity contribution in [2.24, 2.45) is 0 Å². The van der Waals surface area contributed by atoms with Gasteiger partial charge in [0.05, 0.1) is 6.61 Å². The van der Waals surface area contributed by atoms with Gasteiger partial charge in [-0.15, -0.1) is 0 Å². The van der Waals surface area contributed by atoms with Gasteiger partial charge in [0, 0.05) is 6.42 Å². The SMILES string of the molecule is CCC(=O)OCCCCCc1ccccc1C. The third kappa shape index (κ3) is 5.53. The first-order valence-electron chi connectivity index (χ1n) is 6.44. The van der Waals surface area contributed by atoms with Crippen LogP contribution in [0.4, 0.5) is 0 Å². The zero-order chi connectivity index (χ0) is 12.5. The van der Waals surface area contributed by atoms with Crippen molar-refractivity contribution in [1.29, 1.82) is 0 Å². The van der Waals surface area contributed by atoms with Crippen LogP contribution in [-0.2, 0) is 16.0 Å². The summed E-state index contributed by atoms with van der Waals surface area (Å²) in [6.45, 7) is 4.54. The standard InChI is InChI=1S/C15H22O2/c1-3-15(16)17-12-8-4-5-10-14-11-7-6-9-13(14)2/h6-7,9,11H,3-5,8,10,12H2,1-2H3. The van der Waals surface area contributed by atoms with E-state index in [4.69, 9.17) is 4.74 Å². The number of unbranched alkanes of at least 4 members (excludes halogenated alkanes) is 2. The smallest absolute Gasteiger partial charge is 0.305 e. The monoisotopic (exact) mass is 234 g/mol. The van der Waals surface area contributed by atoms with Crippen LogP contribution in [0, 0.1) is 6.92 Å². The number of benzene rings is 1. The van der Waals surface area contributed by atoms with Crippen LogP contribution in [0.25, 0.3) is 0 Å². The van der Waals surface area contributed by atoms with E-state index in [0.717, 1.165) is 25.7 Å². The van der Waals surface area contributed by atoms with Crippen molar-refractivity contribution < 1.29 is 9.53 Å². The molecule has 0 amide bonds. The van der Waals surface area contributed by atoms with E-state index in [9.17, 15) is 4.79 Å². The summed E-state index contributed by atoms with van der Waals surface area (Å²) in [6.07, 6.45) is 4.84. The Morgan fingerprint density at radius 2 is 1.94 bits per heavy atom. The molecule has 0 spiro atoms. The van der Waals surface area contributed by atoms with Gasteiger partial charge in [0.25, 0.3) is 0 Å². The van der Waals surface area contributed by atoms with E-state index >= 15 is 0 Å². The van der Waals surface area contributed by atoms with E-state index in [2.05, 4.69) is 31.2 Å². The average molecular weight is 234 g/mol. The second kappa shape index (κ2) is 7.88. The third-order valence-electron chi connectivity index (χ3n) is 2.90. The number of hydrogen-bond acceptors (Lipinski definition) is 2. The lowest BCUT2D eigenvalue weighted by molar-refractivity contribution is -0.143. The Hall–Kier alpha value is -1.31. The first-order valence-corrected chi connectivity index (χ1v) is 6.44. The van der Waals surface area contributed by atoms with E-state index in [1.165, 1.54) is 11.1 Å². The van der Waals surface area contributed by atoms with Crippen LogP contribution in [0.5, 0.6) is 0 Å². The molecule has 17 heavy (non-hydrogen) atoms. The van der Waals surface area contributed by atoms with Crippen molar-refractivity contribution in [2.75, 3.05) is 6.61 Å². The summed E-state index contributed by atoms with van der Waals surface area (Å²) in [7, 11) is 0. The predicted octanol–water partition coefficient (Wildman–Crippen LogP) is 3.66. The Morgan fingerprint density at radius 3 is 2.65 bits per heavy atom. The van der Waals surface area contributed by atoms with Gasteiger partial charge in [0.1, 0.15) is 0 Å². The number of carbonyl (C=O) groups excluding carboxylic acids is 1. The Kier molecular flexibility index (Phi) is 6.38. The number of carbonyl (C=O) groups is 1. The second-order valence-electron chi connectivity index (χ2n) is 4.31. The van der Waals surface area contributed by atoms with Crippen molar-refractivity contribution in [3.05, 3.63) is 35.4 Å². The van der Waals surface area contributed by atoms with Crippen molar-refractivity contribution in [1.82, 2.24) is 0 Å². The summed E-state index contributed by atoms with van der Waals surface area (Å²) >= 11 is 0. The minimum atomic E-state index is -0.0936. The predicted molar refractivity (Wildman–Crippen MR) is 70.0 cm³/mol. The molecule has 0 bridgehead atoms. The highest BCUT2D eigenvalue weighted by Crippen LogP contribution is 2.11. The van der Waals surface area contributed by atoms with Gasteiger partial charge in [-0.3, -0.25) is 4.79 Å². The molecule has 0 radical (unpaired) electrons. The maximum atomic E-state index is 10.9. The Morgan fingerprint density at radius 1 is 1.18 bits per heavy atom. The minimum Gasteiger partial charge on any atom is -0.466 e. The molecule has 0 unspecified atom stereocenters. The Bertz CT molecular complexity index is 345. The van der Waals surface area contributed by atoms with Crippen LogP contribution in [-0.4, -0.2) is 12.6 Å². The molecule has 1 aromatic rings. The normalized spacial score (nSPS) is 10.2. The molecule has 0 atom stereocenters. The lowest BCUT2D eigenvalue weighted by Gasteiger charge is -2.05. The number of ether oxygens (including phenoxy) is 1. The molecule has 0 aliphatic heterocycles. The van der Waals surface area contributed by atoms with E-state index < -0.39 is 0 Å². The van der Waals surface area contributed by atoms with Gasteiger partial charge in [0.2, 0.25) is 0 Å². The topological polar surface area (TPSA) is 26.3 Å². The zero-order valence-corrected chi connectivity index (χ0v) is 10.9. The summed E-state index contributed by atoms with van der Waals surface area (Å²) in [4.78, 5) is 10.9. The zero-order valence-electron chi connectivity index (χ0n) is 10.9. The van der Waals surface area contributed by atoms with Gasteiger partial charge in [-0.05, 0) is 43.7 Å². The van der Waals surface area contributed by atoms with Crippen LogP contribution in [0.2, 0.25) is 0 Å². The van der Waals surface area contributed by atoms with E-state index in [1.54, 1.807) is 0 Å². The van der Waals surface area contributed by atoms with Crippen molar-refractivity contribution >= 4 is 5.97 Å². The molecule has 0 aliphatic carbocycles. The molecule has 1 rings (SSSR count). The van der Waals surface area contributed by atoms with Crippen LogP contribution in [0.3, 0.4) is 0 Å². The molecule has 2 nitrogen and oxygen atoms in total. The molecule has 94 valence electrons. The van der Waals surface area contributed by atoms with Gasteiger partial charge in [-0.1, -0.05) is 31.2 Å². The summed E-state index contributed by atoms with van der Waals surface area (Å²) in [5.74, 6) is -0.0936. The number of aryl methyl sites for hydroxylation is 2. The second-order valence-corrected chi connectivity index (χ2v) is 4.31. The first kappa shape index (κ1) is 13.8. The first-order chi connectivity index (χ1) is 8.24. The number of rotatable bonds is 7. The lowest BCUT2D eigenvalue weighted by Crippen LogP contribution is -2.03. The summed E-state index contributed by atoms with van der Waals surface area (Å²) in [5, 5.41) is 0. The Labute approximate surface area is 104 Å². The molecule has 0 saturated heterocycles. The highest BCUT2D eigenvalue weighted by Gasteiger charge is 1.99. The number of esters is 1. The van der Waals surface area contributed by atoms with Crippen molar-refractivity contribution in [3.63, 3.8) is 0 Å². The fourth-order valence-electron chi connectivity index (χ4n) is 1.77. The fourth-order valence-corrected chi connectivity index (χ4v) is 1.77. The third-order valence-corrected chi connectivity index (χ3v) is 2.90. The van der Waals surface area contributed by atoms with E-state index in [1.807, 2.05) is 6.92 Å². The van der Waals surface area contributed by atoms with Crippen LogP contribution in [0.1, 0.15) is 43.7 Å². The average Bonchev–Trinajstić information content (AvgIpc) is 2.35. The highest BCUT2D eigenvalue weighted by atomic mass is 16.5. The van der Waals surface area contributed by atoms with Gasteiger partial charge >= 0.3 is 5.97 Å². The molecule has 0 saturated carbocycles. The molecule has 0 heterocycles. The lowest BCUT2D eigenvalue weighted by atomic mass is 10.0. The van der Waals surface area contributed by atoms with Crippen LogP contribution in [0.15, 0.2) is 24.3 Å². The molecular weight excluding hydrogens is 212 g/mol. The highest BCUT2D eigenvalue weighted by molar-refractivity contribution is 5.68. The Balaban J connectivity index is 2.09. The fraction of sp³-hybridized carbons (Fsp3) is 0.533. The molecular formula is C15H22O2. The van der Waals surface area contributed by atoms with Crippen molar-refractivity contribution in [3.8, 4) is 0 Å². The molecule has 2 heteroatoms. The quantitative estimate of drug-likeness (QED) is 0.531. The van der Waals surface area contributed by atoms with Crippen LogP contribution < -0.4 is 0 Å². The van der Waals surface area contributed by atoms with Gasteiger partial charge in [-0.2, -0.15) is 0 Å². The maximum Gasteiger partial charge on any atom is 0.305 e. The van der Waals surface area contributed by atoms with E-state index in [-0.39, 0.29) is 5.97 Å². The molecule has 0 N–H and O–H groups in total. The summed E-state index contributed by atoms with van der Waals surface area (Å²) < 4.78 is 5.03. The summed E-state index contributed by atoms with van der Waals surface area (Å²) in [5.41, 5.74) is 2.79. The van der Waals surface area contributed by atoms with Gasteiger partial charge < -0.3 is 4.74 Å². The molecule has 0 aliphatic rings. The largest absolute Gasteiger partial charge is 0.466 e. The summed E-state index contributed by atoms with van der Waals surface area (Å²) in [6, 6.07) is 8.50. The van der Waals surface area contributed by atoms with Crippen molar-refractivity contribution in [2.45, 2.75) is 46.0 Å². The molecule has 1 aromatic carbocycles. The molecule has 0 fully saturated rings. The maximum absolute atomic E-state index is 10.9. The van der Waals surface area contributed by atoms with Gasteiger partial charge in [-0.25, -0.2) is 0 Å². The van der Waals surface area contributed by atoms with E-state index in [0.29, 0.717) is 13.0 Å². The van der Waals surface area contributed by atoms with Crippen LogP contribution >= 0.6 is 0 Å². The van der Waals surface area contributed by atoms with Gasteiger partial charge in [0.15, 0.2) is 0 Å². The molecule has 0 aromatic heterocycles. The number of hydrogen-bond donors (Lipinski definition) is 0.